The Hall–Kier alpha value is -1.64. The van der Waals surface area contributed by atoms with Crippen molar-refractivity contribution in [3.05, 3.63) is 0 Å². The maximum Gasteiger partial charge on any atom is 0.187 e. The number of hydrogen-bond donors (Lipinski definition) is 26. The van der Waals surface area contributed by atoms with E-state index in [2.05, 4.69) is 0 Å². The summed E-state index contributed by atoms with van der Waals surface area (Å²) >= 11 is 0. The topological polar surface area (TPSA) is 664 Å². The lowest BCUT2D eigenvalue weighted by molar-refractivity contribution is -0.404. The van der Waals surface area contributed by atoms with Gasteiger partial charge in [0.2, 0.25) is 0 Å². The van der Waals surface area contributed by atoms with E-state index in [0.717, 1.165) is 0 Å². The maximum absolute atomic E-state index is 11.2. The zero-order valence-corrected chi connectivity index (χ0v) is 46.5. The van der Waals surface area contributed by atoms with Gasteiger partial charge >= 0.3 is 0 Å². The minimum absolute atomic E-state index is 0.667. The van der Waals surface area contributed by atoms with Crippen LogP contribution >= 0.6 is 0 Å². The molecule has 89 heavy (non-hydrogen) atoms. The lowest BCUT2D eigenvalue weighted by Crippen LogP contribution is -2.69. The van der Waals surface area contributed by atoms with E-state index in [1.165, 1.54) is 0 Å². The first-order chi connectivity index (χ1) is 42.2. The van der Waals surface area contributed by atoms with Gasteiger partial charge in [0.15, 0.2) is 50.3 Å². The molecule has 0 spiro atoms. The summed E-state index contributed by atoms with van der Waals surface area (Å²) in [5, 5.41) is 272. The number of aliphatic hydroxyl groups excluding tert-OH is 26. The van der Waals surface area contributed by atoms with Gasteiger partial charge in [-0.25, -0.2) is 0 Å². The van der Waals surface area contributed by atoms with Crippen LogP contribution in [0.15, 0.2) is 0 Å². The molecule has 0 amide bonds. The molecule has 0 aliphatic carbocycles. The van der Waals surface area contributed by atoms with Crippen LogP contribution in [0.1, 0.15) is 0 Å². The minimum Gasteiger partial charge on any atom is -0.394 e. The van der Waals surface area contributed by atoms with Crippen LogP contribution in [0, 0.1) is 0 Å². The summed E-state index contributed by atoms with van der Waals surface area (Å²) < 4.78 is 83.1. The van der Waals surface area contributed by atoms with Gasteiger partial charge in [-0.3, -0.25) is 0 Å². The molecule has 24 saturated heterocycles. The Morgan fingerprint density at radius 2 is 0.427 bits per heavy atom. The highest BCUT2D eigenvalue weighted by Gasteiger charge is 2.59. The molecule has 24 rings (SSSR count). The Morgan fingerprint density at radius 3 is 0.652 bits per heavy atom. The van der Waals surface area contributed by atoms with Crippen molar-refractivity contribution in [1.29, 1.82) is 0 Å². The number of hydrogen-bond acceptors (Lipinski definition) is 41. The summed E-state index contributed by atoms with van der Waals surface area (Å²) in [7, 11) is 0. The summed E-state index contributed by atoms with van der Waals surface area (Å²) in [6.07, 6.45) is -74.0. The van der Waals surface area contributed by atoms with E-state index in [4.69, 9.17) is 76.2 Å². The maximum atomic E-state index is 11.2. The van der Waals surface area contributed by atoms with E-state index in [1.54, 1.807) is 0 Å². The van der Waals surface area contributed by atoms with Crippen LogP contribution in [0.5, 0.6) is 0 Å². The third-order valence-electron chi connectivity index (χ3n) is 16.7. The van der Waals surface area contributed by atoms with Crippen LogP contribution in [0.3, 0.4) is 0 Å². The molecule has 1 unspecified atom stereocenters. The highest BCUT2D eigenvalue weighted by atomic mass is 16.8. The second-order valence-corrected chi connectivity index (χ2v) is 22.4. The third-order valence-corrected chi connectivity index (χ3v) is 16.7. The van der Waals surface area contributed by atoms with Crippen molar-refractivity contribution in [3.8, 4) is 0 Å². The van der Waals surface area contributed by atoms with Crippen LogP contribution in [0.25, 0.3) is 0 Å². The van der Waals surface area contributed by atoms with Gasteiger partial charge in [0.1, 0.15) is 195 Å². The fourth-order valence-corrected chi connectivity index (χ4v) is 11.5. The first kappa shape index (κ1) is 73.2. The highest BCUT2D eigenvalue weighted by molar-refractivity contribution is 5.02. The van der Waals surface area contributed by atoms with E-state index in [1.807, 2.05) is 0 Å². The van der Waals surface area contributed by atoms with Crippen molar-refractivity contribution < 1.29 is 204 Å². The van der Waals surface area contributed by atoms with E-state index < -0.39 is 299 Å². The monoisotopic (exact) mass is 1310 g/mol. The smallest absolute Gasteiger partial charge is 0.187 e. The summed E-state index contributed by atoms with van der Waals surface area (Å²) in [6.45, 7) is -7.34. The Balaban J connectivity index is 0.000000373. The van der Waals surface area contributed by atoms with Gasteiger partial charge in [0.05, 0.1) is 52.9 Å². The van der Waals surface area contributed by atoms with Crippen molar-refractivity contribution in [2.45, 2.75) is 246 Å². The Labute approximate surface area is 501 Å². The highest BCUT2D eigenvalue weighted by Crippen LogP contribution is 2.39. The number of aliphatic hydroxyl groups is 26. The Morgan fingerprint density at radius 1 is 0.191 bits per heavy atom. The zero-order chi connectivity index (χ0) is 65.4. The van der Waals surface area contributed by atoms with Gasteiger partial charge < -0.3 is 204 Å². The lowest BCUT2D eigenvalue weighted by Gasteiger charge is -2.50. The molecule has 0 saturated carbocycles. The molecule has 24 aliphatic heterocycles. The van der Waals surface area contributed by atoms with Crippen LogP contribution in [-0.4, -0.2) is 431 Å². The molecular weight excluding hydrogens is 1230 g/mol. The first-order valence-electron chi connectivity index (χ1n) is 28.2. The van der Waals surface area contributed by atoms with Crippen LogP contribution < -0.4 is 0 Å². The molecular formula is C48H82O41. The predicted octanol–water partition coefficient (Wildman–Crippen LogP) is -18.5. The van der Waals surface area contributed by atoms with Gasteiger partial charge in [-0.05, 0) is 0 Å². The molecule has 0 aromatic carbocycles. The predicted molar refractivity (Wildman–Crippen MR) is 264 cm³/mol. The Bertz CT molecular complexity index is 1840. The summed E-state index contributed by atoms with van der Waals surface area (Å²) in [5.74, 6) is 0. The van der Waals surface area contributed by atoms with Crippen molar-refractivity contribution in [1.82, 2.24) is 0 Å². The third kappa shape index (κ3) is 15.0. The van der Waals surface area contributed by atoms with E-state index in [0.29, 0.717) is 0 Å². The standard InChI is InChI=1S/C36H60O30.C12H22O11/c37-1-7-25-13(43)19(49)31(55-7)62-26-8(2-38)57-33(21(51)15(26)45)64-28-10(4-40)59-35(23(53)17(28)47)66-30-12(6-42)60-36(24(54)18(30)48)65-29-11(5-41)58-34(22(52)16(29)46)63-27-9(3-39)56-32(61-25)20(50)14(27)44;13-1-3-5(15)6(16)9(19)12(22-3)23-10-4(2-14)21-11(20)8(18)7(10)17/h7-54H,1-6H2;3-20H,1-2H2/t7-,8-,9-,10-,11-,12-,13-,14-,15-,16-,17-,18-,19-,20-,21-,22-,23-,24-,25-,26-,27-,28-,29-,30-,31-,32-,33-,34-,35-,36-;3-,4-,5+,6+,7-,8-,9-,10-,11?,12+/m11/s1. The summed E-state index contributed by atoms with van der Waals surface area (Å²) in [6, 6.07) is 0. The van der Waals surface area contributed by atoms with E-state index in [-0.39, 0.29) is 0 Å². The van der Waals surface area contributed by atoms with Crippen LogP contribution in [0.4, 0.5) is 0 Å². The van der Waals surface area contributed by atoms with Gasteiger partial charge in [-0.15, -0.1) is 0 Å². The van der Waals surface area contributed by atoms with Gasteiger partial charge in [0.25, 0.3) is 0 Å². The molecule has 24 aliphatic rings. The molecule has 0 radical (unpaired) electrons. The summed E-state index contributed by atoms with van der Waals surface area (Å²) in [5.41, 5.74) is 0. The second kappa shape index (κ2) is 31.5. The average molecular weight is 1320 g/mol. The van der Waals surface area contributed by atoms with Crippen molar-refractivity contribution >= 4 is 0 Å². The average Bonchev–Trinajstić information content (AvgIpc) is 1.09. The number of rotatable bonds is 10. The van der Waals surface area contributed by atoms with Crippen molar-refractivity contribution in [3.63, 3.8) is 0 Å². The zero-order valence-electron chi connectivity index (χ0n) is 46.5. The molecule has 41 heteroatoms. The molecule has 12 bridgehead atoms. The molecule has 24 heterocycles. The molecule has 24 fully saturated rings. The first-order valence-corrected chi connectivity index (χ1v) is 28.2. The molecule has 0 aromatic rings. The van der Waals surface area contributed by atoms with E-state index in [9.17, 15) is 128 Å². The fraction of sp³-hybridized carbons (Fsp3) is 1.00. The molecule has 0 aromatic heterocycles. The molecule has 520 valence electrons. The van der Waals surface area contributed by atoms with Crippen molar-refractivity contribution in [2.75, 3.05) is 52.9 Å². The fourth-order valence-electron chi connectivity index (χ4n) is 11.5. The Kier molecular flexibility index (Phi) is 25.9. The van der Waals surface area contributed by atoms with E-state index >= 15 is 0 Å². The quantitative estimate of drug-likeness (QED) is 0.0966. The molecule has 40 atom stereocenters. The lowest BCUT2D eigenvalue weighted by atomic mass is 9.94. The van der Waals surface area contributed by atoms with Gasteiger partial charge in [0, 0.05) is 0 Å². The van der Waals surface area contributed by atoms with Gasteiger partial charge in [-0.1, -0.05) is 0 Å². The van der Waals surface area contributed by atoms with Gasteiger partial charge in [-0.2, -0.15) is 0 Å². The largest absolute Gasteiger partial charge is 0.394 e. The van der Waals surface area contributed by atoms with Crippen LogP contribution in [0.2, 0.25) is 0 Å². The summed E-state index contributed by atoms with van der Waals surface area (Å²) in [4.78, 5) is 0. The minimum atomic E-state index is -2.15. The second-order valence-electron chi connectivity index (χ2n) is 22.4. The SMILES string of the molecule is OC[C@H]1O[C@@H](O[C@H]2[C@H](O)[C@@H](O)C(O)O[C@@H]2CO)[C@H](O)[C@@H](O)[C@H]1O.OC[C@H]1O[C@@H]2O[C@H]3[C@H](O)[C@@H](O)[C@@H](O[C@H]4[C@H](O)[C@@H](O)[C@@H](O[C@H]5[C@H](O)[C@@H](O)[C@@H](O[C@H]6[C@H](O)[C@@H](O)[C@@H](O[C@H]7[C@H](O)[C@@H](O)[C@@H](O[C@H]1[C@H](O)[C@H]2O)O[C@@H]7CO)O[C@@H]6CO)O[C@@H]5CO)O[C@@H]4CO)O[C@@H]3CO. The van der Waals surface area contributed by atoms with Crippen LogP contribution in [-0.2, 0) is 71.1 Å². The molecule has 26 N–H and O–H groups in total. The molecule has 41 nitrogen and oxygen atoms in total. The van der Waals surface area contributed by atoms with Crippen molar-refractivity contribution in [2.24, 2.45) is 0 Å². The normalized spacial score (nSPS) is 54.4. The number of ether oxygens (including phenoxy) is 15.